The predicted octanol–water partition coefficient (Wildman–Crippen LogP) is 6.10. The van der Waals surface area contributed by atoms with Gasteiger partial charge in [-0.05, 0) is 55.1 Å². The Kier molecular flexibility index (Phi) is 6.60. The Hall–Kier alpha value is -2.83. The molecule has 2 unspecified atom stereocenters. The molecule has 35 heavy (non-hydrogen) atoms. The molecule has 0 radical (unpaired) electrons. The lowest BCUT2D eigenvalue weighted by molar-refractivity contribution is -0.137. The van der Waals surface area contributed by atoms with Gasteiger partial charge >= 0.3 is 6.18 Å². The van der Waals surface area contributed by atoms with Crippen molar-refractivity contribution < 1.29 is 17.9 Å². The van der Waals surface area contributed by atoms with E-state index < -0.39 is 17.3 Å². The van der Waals surface area contributed by atoms with Crippen LogP contribution in [0.25, 0.3) is 0 Å². The smallest absolute Gasteiger partial charge is 0.416 e. The van der Waals surface area contributed by atoms with Crippen LogP contribution in [0.5, 0.6) is 5.75 Å². The molecule has 0 aliphatic carbocycles. The molecule has 3 aromatic rings. The molecule has 3 aromatic carbocycles. The van der Waals surface area contributed by atoms with Crippen LogP contribution in [0.3, 0.4) is 0 Å². The van der Waals surface area contributed by atoms with Crippen molar-refractivity contribution >= 4 is 0 Å². The largest absolute Gasteiger partial charge is 0.496 e. The van der Waals surface area contributed by atoms with Gasteiger partial charge in [-0.3, -0.25) is 0 Å². The van der Waals surface area contributed by atoms with Gasteiger partial charge in [-0.25, -0.2) is 0 Å². The van der Waals surface area contributed by atoms with Gasteiger partial charge in [0.2, 0.25) is 0 Å². The maximum Gasteiger partial charge on any atom is 0.416 e. The number of benzene rings is 3. The Balaban J connectivity index is 1.63. The van der Waals surface area contributed by atoms with E-state index in [0.717, 1.165) is 55.4 Å². The first-order valence-electron chi connectivity index (χ1n) is 12.2. The van der Waals surface area contributed by atoms with Crippen molar-refractivity contribution in [2.24, 2.45) is 5.92 Å². The van der Waals surface area contributed by atoms with Gasteiger partial charge in [0.1, 0.15) is 5.75 Å². The van der Waals surface area contributed by atoms with Crippen molar-refractivity contribution in [3.05, 3.63) is 101 Å². The standard InChI is InChI=1S/C29H31F3N2O/c1-35-26-13-6-5-10-23(26)19-33-28(20-34-16-14-24(28)15-17-34)27(21-8-3-2-4-9-21)22-11-7-12-25(18-22)29(30,31)32/h2-13,18,24,27,33H,14-17,19-20H2,1H3. The maximum absolute atomic E-state index is 13.7. The highest BCUT2D eigenvalue weighted by atomic mass is 19.4. The Morgan fingerprint density at radius 3 is 2.29 bits per heavy atom. The fourth-order valence-electron chi connectivity index (χ4n) is 6.17. The number of hydrogen-bond acceptors (Lipinski definition) is 3. The maximum atomic E-state index is 13.7. The van der Waals surface area contributed by atoms with Crippen LogP contribution in [0.15, 0.2) is 78.9 Å². The van der Waals surface area contributed by atoms with Crippen molar-refractivity contribution in [2.75, 3.05) is 26.7 Å². The lowest BCUT2D eigenvalue weighted by Gasteiger charge is -2.57. The normalized spacial score (nSPS) is 24.8. The molecule has 6 heteroatoms. The number of halogens is 3. The van der Waals surface area contributed by atoms with E-state index in [2.05, 4.69) is 22.3 Å². The Morgan fingerprint density at radius 2 is 1.63 bits per heavy atom. The fraction of sp³-hybridized carbons (Fsp3) is 0.379. The van der Waals surface area contributed by atoms with Crippen LogP contribution < -0.4 is 10.1 Å². The molecule has 0 saturated carbocycles. The molecule has 3 saturated heterocycles. The molecular weight excluding hydrogens is 449 g/mol. The summed E-state index contributed by atoms with van der Waals surface area (Å²) in [7, 11) is 1.66. The van der Waals surface area contributed by atoms with Crippen molar-refractivity contribution in [1.82, 2.24) is 10.2 Å². The molecule has 3 aliphatic heterocycles. The van der Waals surface area contributed by atoms with Crippen LogP contribution in [-0.4, -0.2) is 37.2 Å². The molecule has 0 aromatic heterocycles. The van der Waals surface area contributed by atoms with Crippen LogP contribution in [0.4, 0.5) is 13.2 Å². The van der Waals surface area contributed by atoms with Crippen LogP contribution in [0.2, 0.25) is 0 Å². The number of nitrogens with one attached hydrogen (secondary N) is 1. The molecular formula is C29H31F3N2O. The van der Waals surface area contributed by atoms with Gasteiger partial charge in [-0.2, -0.15) is 13.2 Å². The van der Waals surface area contributed by atoms with E-state index in [4.69, 9.17) is 4.74 Å². The summed E-state index contributed by atoms with van der Waals surface area (Å²) in [6.07, 6.45) is -2.33. The highest BCUT2D eigenvalue weighted by Gasteiger charge is 2.52. The quantitative estimate of drug-likeness (QED) is 0.442. The third-order valence-corrected chi connectivity index (χ3v) is 7.80. The van der Waals surface area contributed by atoms with Gasteiger partial charge in [0, 0.05) is 30.1 Å². The van der Waals surface area contributed by atoms with Gasteiger partial charge in [0.25, 0.3) is 0 Å². The molecule has 3 nitrogen and oxygen atoms in total. The summed E-state index contributed by atoms with van der Waals surface area (Å²) < 4.78 is 46.8. The number of para-hydroxylation sites is 1. The van der Waals surface area contributed by atoms with Crippen molar-refractivity contribution in [3.8, 4) is 5.75 Å². The summed E-state index contributed by atoms with van der Waals surface area (Å²) in [5, 5.41) is 3.91. The molecule has 3 aliphatic rings. The zero-order chi connectivity index (χ0) is 24.5. The molecule has 1 N–H and O–H groups in total. The number of ether oxygens (including phenoxy) is 1. The second-order valence-electron chi connectivity index (χ2n) is 9.72. The highest BCUT2D eigenvalue weighted by Crippen LogP contribution is 2.48. The first-order valence-corrected chi connectivity index (χ1v) is 12.2. The number of alkyl halides is 3. The number of fused-ring (bicyclic) bond motifs is 3. The Morgan fingerprint density at radius 1 is 0.943 bits per heavy atom. The molecule has 3 fully saturated rings. The molecule has 6 rings (SSSR count). The third-order valence-electron chi connectivity index (χ3n) is 7.80. The SMILES string of the molecule is COc1ccccc1CNC1(C(c2ccccc2)c2cccc(C(F)(F)F)c2)CN2CCC1CC2. The average Bonchev–Trinajstić information content (AvgIpc) is 2.89. The second kappa shape index (κ2) is 9.67. The summed E-state index contributed by atoms with van der Waals surface area (Å²) in [6, 6.07) is 23.9. The topological polar surface area (TPSA) is 24.5 Å². The molecule has 2 atom stereocenters. The summed E-state index contributed by atoms with van der Waals surface area (Å²) in [5.74, 6) is 0.933. The number of nitrogens with zero attached hydrogens (tertiary/aromatic N) is 1. The van der Waals surface area contributed by atoms with E-state index in [1.807, 2.05) is 48.5 Å². The Labute approximate surface area is 204 Å². The number of rotatable bonds is 7. The fourth-order valence-corrected chi connectivity index (χ4v) is 6.17. The first-order chi connectivity index (χ1) is 16.9. The minimum absolute atomic E-state index is 0.228. The van der Waals surface area contributed by atoms with Crippen LogP contribution in [0.1, 0.15) is 41.0 Å². The highest BCUT2D eigenvalue weighted by molar-refractivity contribution is 5.42. The number of hydrogen-bond donors (Lipinski definition) is 1. The van der Waals surface area contributed by atoms with Gasteiger partial charge in [0.05, 0.1) is 12.7 Å². The second-order valence-corrected chi connectivity index (χ2v) is 9.72. The summed E-state index contributed by atoms with van der Waals surface area (Å²) in [4.78, 5) is 2.46. The van der Waals surface area contributed by atoms with Crippen molar-refractivity contribution in [3.63, 3.8) is 0 Å². The van der Waals surface area contributed by atoms with E-state index in [-0.39, 0.29) is 5.92 Å². The monoisotopic (exact) mass is 480 g/mol. The van der Waals surface area contributed by atoms with E-state index in [1.54, 1.807) is 13.2 Å². The van der Waals surface area contributed by atoms with E-state index in [9.17, 15) is 13.2 Å². The summed E-state index contributed by atoms with van der Waals surface area (Å²) in [5.41, 5.74) is 1.77. The zero-order valence-corrected chi connectivity index (χ0v) is 19.9. The zero-order valence-electron chi connectivity index (χ0n) is 19.9. The van der Waals surface area contributed by atoms with Crippen LogP contribution >= 0.6 is 0 Å². The first kappa shape index (κ1) is 23.9. The molecule has 0 amide bonds. The van der Waals surface area contributed by atoms with E-state index in [0.29, 0.717) is 18.0 Å². The van der Waals surface area contributed by atoms with Gasteiger partial charge in [-0.15, -0.1) is 0 Å². The number of methoxy groups -OCH3 is 1. The summed E-state index contributed by atoms with van der Waals surface area (Å²) in [6.45, 7) is 3.44. The molecule has 184 valence electrons. The van der Waals surface area contributed by atoms with E-state index >= 15 is 0 Å². The number of piperidine rings is 3. The minimum atomic E-state index is -4.38. The van der Waals surface area contributed by atoms with Crippen LogP contribution in [-0.2, 0) is 12.7 Å². The summed E-state index contributed by atoms with van der Waals surface area (Å²) >= 11 is 0. The van der Waals surface area contributed by atoms with Gasteiger partial charge < -0.3 is 15.0 Å². The van der Waals surface area contributed by atoms with Crippen LogP contribution in [0, 0.1) is 5.92 Å². The van der Waals surface area contributed by atoms with E-state index in [1.165, 1.54) is 6.07 Å². The molecule has 2 bridgehead atoms. The third kappa shape index (κ3) is 4.69. The Bertz CT molecular complexity index is 1140. The molecule has 3 heterocycles. The van der Waals surface area contributed by atoms with Crippen molar-refractivity contribution in [2.45, 2.75) is 37.0 Å². The van der Waals surface area contributed by atoms with Crippen molar-refractivity contribution in [1.29, 1.82) is 0 Å². The lowest BCUT2D eigenvalue weighted by Crippen LogP contribution is -2.68. The van der Waals surface area contributed by atoms with Gasteiger partial charge in [-0.1, -0.05) is 66.7 Å². The average molecular weight is 481 g/mol. The predicted molar refractivity (Wildman–Crippen MR) is 131 cm³/mol. The lowest BCUT2D eigenvalue weighted by atomic mass is 9.62. The van der Waals surface area contributed by atoms with Gasteiger partial charge in [0.15, 0.2) is 0 Å². The molecule has 0 spiro atoms. The minimum Gasteiger partial charge on any atom is -0.496 e.